The van der Waals surface area contributed by atoms with Crippen LogP contribution in [-0.2, 0) is 14.8 Å². The van der Waals surface area contributed by atoms with E-state index in [0.717, 1.165) is 4.31 Å². The zero-order chi connectivity index (χ0) is 22.4. The third-order valence-electron chi connectivity index (χ3n) is 4.50. The lowest BCUT2D eigenvalue weighted by atomic mass is 10.2. The molecule has 2 aromatic rings. The number of ether oxygens (including phenoxy) is 1. The smallest absolute Gasteiger partial charge is 0.251 e. The highest BCUT2D eigenvalue weighted by atomic mass is 35.5. The molecule has 1 heterocycles. The van der Waals surface area contributed by atoms with Crippen LogP contribution in [-0.4, -0.2) is 57.3 Å². The Hall–Kier alpha value is -2.33. The number of piperazine rings is 1. The minimum Gasteiger partial charge on any atom is -0.492 e. The molecule has 2 aromatic carbocycles. The summed E-state index contributed by atoms with van der Waals surface area (Å²) >= 11 is 11.9. The van der Waals surface area contributed by atoms with Crippen LogP contribution in [0.3, 0.4) is 0 Å². The number of nitrogens with zero attached hydrogens (tertiary/aromatic N) is 1. The Labute approximate surface area is 190 Å². The molecule has 1 saturated heterocycles. The van der Waals surface area contributed by atoms with Crippen molar-refractivity contribution in [3.05, 3.63) is 58.1 Å². The average Bonchev–Trinajstić information content (AvgIpc) is 2.75. The summed E-state index contributed by atoms with van der Waals surface area (Å²) in [4.78, 5) is 23.9. The number of nitrogens with one attached hydrogen (secondary N) is 2. The molecule has 0 saturated carbocycles. The first-order valence-electron chi connectivity index (χ1n) is 9.50. The Morgan fingerprint density at radius 3 is 2.74 bits per heavy atom. The van der Waals surface area contributed by atoms with E-state index >= 15 is 0 Å². The van der Waals surface area contributed by atoms with E-state index in [4.69, 9.17) is 27.9 Å². The monoisotopic (exact) mass is 485 g/mol. The summed E-state index contributed by atoms with van der Waals surface area (Å²) in [6.45, 7) is 0.848. The van der Waals surface area contributed by atoms with Gasteiger partial charge in [0, 0.05) is 30.2 Å². The number of benzene rings is 2. The van der Waals surface area contributed by atoms with Gasteiger partial charge in [-0.25, -0.2) is 8.42 Å². The largest absolute Gasteiger partial charge is 0.492 e. The maximum Gasteiger partial charge on any atom is 0.251 e. The van der Waals surface area contributed by atoms with E-state index in [2.05, 4.69) is 10.6 Å². The van der Waals surface area contributed by atoms with E-state index in [1.165, 1.54) is 24.3 Å². The molecule has 8 nitrogen and oxygen atoms in total. The minimum absolute atomic E-state index is 0.0319. The summed E-state index contributed by atoms with van der Waals surface area (Å²) in [5.41, 5.74) is 0.212. The van der Waals surface area contributed by atoms with Gasteiger partial charge in [0.1, 0.15) is 5.75 Å². The van der Waals surface area contributed by atoms with Crippen molar-refractivity contribution in [2.24, 2.45) is 0 Å². The molecule has 166 valence electrons. The Morgan fingerprint density at radius 1 is 1.19 bits per heavy atom. The lowest BCUT2D eigenvalue weighted by Gasteiger charge is -2.26. The Bertz CT molecular complexity index is 1080. The molecule has 0 radical (unpaired) electrons. The van der Waals surface area contributed by atoms with E-state index in [9.17, 15) is 18.0 Å². The van der Waals surface area contributed by atoms with Crippen LogP contribution < -0.4 is 15.4 Å². The fourth-order valence-electron chi connectivity index (χ4n) is 2.92. The zero-order valence-electron chi connectivity index (χ0n) is 16.4. The lowest BCUT2D eigenvalue weighted by Crippen LogP contribution is -2.49. The molecule has 0 atom stereocenters. The Balaban J connectivity index is 1.53. The Kier molecular flexibility index (Phi) is 7.77. The van der Waals surface area contributed by atoms with Crippen molar-refractivity contribution in [3.63, 3.8) is 0 Å². The van der Waals surface area contributed by atoms with E-state index in [-0.39, 0.29) is 36.0 Å². The molecule has 1 aliphatic rings. The third kappa shape index (κ3) is 6.10. The second-order valence-corrected chi connectivity index (χ2v) is 9.53. The van der Waals surface area contributed by atoms with Gasteiger partial charge in [-0.15, -0.1) is 0 Å². The van der Waals surface area contributed by atoms with Crippen LogP contribution in [0.1, 0.15) is 16.8 Å². The topological polar surface area (TPSA) is 105 Å². The second kappa shape index (κ2) is 10.3. The van der Waals surface area contributed by atoms with Crippen LogP contribution in [0.25, 0.3) is 0 Å². The molecular formula is C20H21Cl2N3O5S. The van der Waals surface area contributed by atoms with Crippen LogP contribution in [0.15, 0.2) is 47.4 Å². The van der Waals surface area contributed by atoms with Crippen molar-refractivity contribution in [3.8, 4) is 5.75 Å². The number of hydrogen-bond acceptors (Lipinski definition) is 5. The number of hydrogen-bond donors (Lipinski definition) is 2. The molecule has 2 amide bonds. The molecule has 31 heavy (non-hydrogen) atoms. The summed E-state index contributed by atoms with van der Waals surface area (Å²) < 4.78 is 32.2. The van der Waals surface area contributed by atoms with Gasteiger partial charge in [-0.1, -0.05) is 29.3 Å². The van der Waals surface area contributed by atoms with Gasteiger partial charge in [0.05, 0.1) is 23.1 Å². The van der Waals surface area contributed by atoms with Crippen molar-refractivity contribution in [1.29, 1.82) is 0 Å². The highest BCUT2D eigenvalue weighted by Crippen LogP contribution is 2.27. The average molecular weight is 486 g/mol. The van der Waals surface area contributed by atoms with E-state index in [1.807, 2.05) is 0 Å². The van der Waals surface area contributed by atoms with Crippen molar-refractivity contribution < 1.29 is 22.7 Å². The van der Waals surface area contributed by atoms with Gasteiger partial charge < -0.3 is 15.4 Å². The first kappa shape index (κ1) is 23.3. The predicted molar refractivity (Wildman–Crippen MR) is 117 cm³/mol. The molecule has 0 bridgehead atoms. The lowest BCUT2D eigenvalue weighted by molar-refractivity contribution is -0.122. The van der Waals surface area contributed by atoms with Gasteiger partial charge in [-0.2, -0.15) is 4.31 Å². The molecule has 1 fully saturated rings. The number of amides is 2. The Morgan fingerprint density at radius 2 is 2.00 bits per heavy atom. The summed E-state index contributed by atoms with van der Waals surface area (Å²) in [5, 5.41) is 6.23. The highest BCUT2D eigenvalue weighted by molar-refractivity contribution is 7.89. The van der Waals surface area contributed by atoms with Gasteiger partial charge in [0.25, 0.3) is 5.91 Å². The van der Waals surface area contributed by atoms with Crippen LogP contribution >= 0.6 is 23.2 Å². The first-order valence-corrected chi connectivity index (χ1v) is 11.7. The summed E-state index contributed by atoms with van der Waals surface area (Å²) in [6.07, 6.45) is 0.519. The zero-order valence-corrected chi connectivity index (χ0v) is 18.8. The molecule has 0 unspecified atom stereocenters. The fraction of sp³-hybridized carbons (Fsp3) is 0.300. The fourth-order valence-corrected chi connectivity index (χ4v) is 4.82. The van der Waals surface area contributed by atoms with Crippen molar-refractivity contribution >= 4 is 45.0 Å². The van der Waals surface area contributed by atoms with Gasteiger partial charge in [-0.3, -0.25) is 9.59 Å². The van der Waals surface area contributed by atoms with Gasteiger partial charge in [0.15, 0.2) is 0 Å². The van der Waals surface area contributed by atoms with Gasteiger partial charge in [0.2, 0.25) is 15.9 Å². The van der Waals surface area contributed by atoms with Crippen LogP contribution in [0.4, 0.5) is 0 Å². The predicted octanol–water partition coefficient (Wildman–Crippen LogP) is 2.31. The molecule has 11 heteroatoms. The van der Waals surface area contributed by atoms with Crippen molar-refractivity contribution in [1.82, 2.24) is 14.9 Å². The summed E-state index contributed by atoms with van der Waals surface area (Å²) in [5.74, 6) is -0.259. The molecule has 1 aliphatic heterocycles. The summed E-state index contributed by atoms with van der Waals surface area (Å²) in [7, 11) is -3.87. The van der Waals surface area contributed by atoms with E-state index in [0.29, 0.717) is 35.4 Å². The normalized spacial score (nSPS) is 14.7. The molecule has 0 spiro atoms. The number of sulfonamides is 1. The number of rotatable bonds is 8. The van der Waals surface area contributed by atoms with E-state index < -0.39 is 15.9 Å². The molecule has 0 aromatic heterocycles. The van der Waals surface area contributed by atoms with Crippen molar-refractivity contribution in [2.45, 2.75) is 11.3 Å². The third-order valence-corrected chi connectivity index (χ3v) is 6.87. The number of carbonyl (C=O) groups is 2. The quantitative estimate of drug-likeness (QED) is 0.558. The molecule has 3 rings (SSSR count). The molecule has 2 N–H and O–H groups in total. The van der Waals surface area contributed by atoms with Crippen LogP contribution in [0.5, 0.6) is 5.75 Å². The number of carbonyl (C=O) groups excluding carboxylic acids is 2. The molecule has 0 aliphatic carbocycles. The highest BCUT2D eigenvalue weighted by Gasteiger charge is 2.29. The van der Waals surface area contributed by atoms with Crippen LogP contribution in [0, 0.1) is 0 Å². The second-order valence-electron chi connectivity index (χ2n) is 6.75. The standard InChI is InChI=1S/C20H21Cl2N3O5S/c21-15-5-6-18(17(22)12-15)30-10-2-7-24-20(27)14-3-1-4-16(11-14)31(28,29)25-9-8-23-19(26)13-25/h1,3-6,11-12H,2,7-10,13H2,(H,23,26)(H,24,27). The maximum atomic E-state index is 12.8. The minimum atomic E-state index is -3.87. The summed E-state index contributed by atoms with van der Waals surface area (Å²) in [6, 6.07) is 10.7. The first-order chi connectivity index (χ1) is 14.8. The molecular weight excluding hydrogens is 465 g/mol. The SMILES string of the molecule is O=C1CN(S(=O)(=O)c2cccc(C(=O)NCCCOc3ccc(Cl)cc3Cl)c2)CCN1. The van der Waals surface area contributed by atoms with E-state index in [1.54, 1.807) is 18.2 Å². The van der Waals surface area contributed by atoms with Gasteiger partial charge in [-0.05, 0) is 42.8 Å². The van der Waals surface area contributed by atoms with Crippen LogP contribution in [0.2, 0.25) is 10.0 Å². The number of halogens is 2. The maximum absolute atomic E-state index is 12.8. The van der Waals surface area contributed by atoms with Gasteiger partial charge >= 0.3 is 0 Å². The van der Waals surface area contributed by atoms with Crippen molar-refractivity contribution in [2.75, 3.05) is 32.8 Å².